The Labute approximate surface area is 170 Å². The average molecular weight is 402 g/mol. The third-order valence-corrected chi connectivity index (χ3v) is 4.95. The lowest BCUT2D eigenvalue weighted by molar-refractivity contribution is -0.0504. The standard InChI is InChI=1S/C22H28F2N4O/c1-25-22(27-15-19-6-2-3-7-20(19)29-21(23)24)26-14-17-8-10-18(11-9-17)16-28-12-4-5-13-28/h2-3,6-11,21H,4-5,12-16H2,1H3,(H2,25,26,27). The summed E-state index contributed by atoms with van der Waals surface area (Å²) >= 11 is 0. The van der Waals surface area contributed by atoms with E-state index in [0.29, 0.717) is 24.6 Å². The van der Waals surface area contributed by atoms with E-state index in [0.717, 1.165) is 12.1 Å². The number of alkyl halides is 2. The van der Waals surface area contributed by atoms with Crippen LogP contribution in [0.4, 0.5) is 8.78 Å². The lowest BCUT2D eigenvalue weighted by Crippen LogP contribution is -2.36. The molecule has 1 aliphatic heterocycles. The number of benzene rings is 2. The van der Waals surface area contributed by atoms with Crippen molar-refractivity contribution in [2.24, 2.45) is 4.99 Å². The van der Waals surface area contributed by atoms with Crippen LogP contribution < -0.4 is 15.4 Å². The third kappa shape index (κ3) is 6.71. The number of aliphatic imine (C=N–C) groups is 1. The van der Waals surface area contributed by atoms with E-state index >= 15 is 0 Å². The van der Waals surface area contributed by atoms with Crippen LogP contribution in [-0.4, -0.2) is 37.6 Å². The molecule has 0 unspecified atom stereocenters. The van der Waals surface area contributed by atoms with Crippen LogP contribution >= 0.6 is 0 Å². The molecule has 1 aliphatic rings. The van der Waals surface area contributed by atoms with Gasteiger partial charge in [-0.2, -0.15) is 8.78 Å². The Morgan fingerprint density at radius 3 is 2.34 bits per heavy atom. The number of rotatable bonds is 8. The maximum Gasteiger partial charge on any atom is 0.387 e. The Morgan fingerprint density at radius 2 is 1.66 bits per heavy atom. The number of nitrogens with zero attached hydrogens (tertiary/aromatic N) is 2. The molecule has 2 aromatic carbocycles. The van der Waals surface area contributed by atoms with E-state index in [-0.39, 0.29) is 5.75 Å². The second kappa shape index (κ2) is 10.8. The SMILES string of the molecule is CN=C(NCc1ccc(CN2CCCC2)cc1)NCc1ccccc1OC(F)F. The number of ether oxygens (including phenoxy) is 1. The molecule has 0 radical (unpaired) electrons. The van der Waals surface area contributed by atoms with Gasteiger partial charge in [0.25, 0.3) is 0 Å². The molecule has 3 rings (SSSR count). The van der Waals surface area contributed by atoms with E-state index in [1.54, 1.807) is 25.2 Å². The van der Waals surface area contributed by atoms with Crippen molar-refractivity contribution in [3.63, 3.8) is 0 Å². The molecule has 0 saturated carbocycles. The number of para-hydroxylation sites is 1. The normalized spacial score (nSPS) is 15.0. The van der Waals surface area contributed by atoms with Gasteiger partial charge in [-0.25, -0.2) is 0 Å². The fraction of sp³-hybridized carbons (Fsp3) is 0.409. The maximum atomic E-state index is 12.5. The number of hydrogen-bond acceptors (Lipinski definition) is 3. The van der Waals surface area contributed by atoms with Gasteiger partial charge in [-0.3, -0.25) is 9.89 Å². The quantitative estimate of drug-likeness (QED) is 0.522. The molecule has 1 heterocycles. The highest BCUT2D eigenvalue weighted by atomic mass is 19.3. The Hall–Kier alpha value is -2.67. The van der Waals surface area contributed by atoms with Gasteiger partial charge in [-0.1, -0.05) is 42.5 Å². The van der Waals surface area contributed by atoms with Gasteiger partial charge >= 0.3 is 6.61 Å². The lowest BCUT2D eigenvalue weighted by Gasteiger charge is -2.16. The van der Waals surface area contributed by atoms with E-state index < -0.39 is 6.61 Å². The smallest absolute Gasteiger partial charge is 0.387 e. The van der Waals surface area contributed by atoms with Crippen molar-refractivity contribution in [1.82, 2.24) is 15.5 Å². The molecule has 0 aromatic heterocycles. The summed E-state index contributed by atoms with van der Waals surface area (Å²) < 4.78 is 29.6. The summed E-state index contributed by atoms with van der Waals surface area (Å²) in [6.45, 7) is 1.50. The molecule has 0 bridgehead atoms. The number of guanidine groups is 1. The van der Waals surface area contributed by atoms with Crippen LogP contribution in [0, 0.1) is 0 Å². The molecule has 1 fully saturated rings. The van der Waals surface area contributed by atoms with Crippen LogP contribution in [0.3, 0.4) is 0 Å². The number of halogens is 2. The Kier molecular flexibility index (Phi) is 7.81. The molecular formula is C22H28F2N4O. The fourth-order valence-electron chi connectivity index (χ4n) is 3.41. The monoisotopic (exact) mass is 402 g/mol. The van der Waals surface area contributed by atoms with Gasteiger partial charge in [0.2, 0.25) is 0 Å². The first-order valence-electron chi connectivity index (χ1n) is 9.91. The van der Waals surface area contributed by atoms with Gasteiger partial charge in [0.1, 0.15) is 5.75 Å². The second-order valence-electron chi connectivity index (χ2n) is 7.07. The molecule has 29 heavy (non-hydrogen) atoms. The molecule has 0 amide bonds. The molecular weight excluding hydrogens is 374 g/mol. The van der Waals surface area contributed by atoms with Gasteiger partial charge in [0.05, 0.1) is 0 Å². The highest BCUT2D eigenvalue weighted by Crippen LogP contribution is 2.20. The van der Waals surface area contributed by atoms with Crippen LogP contribution in [0.25, 0.3) is 0 Å². The van der Waals surface area contributed by atoms with E-state index in [4.69, 9.17) is 0 Å². The minimum atomic E-state index is -2.85. The largest absolute Gasteiger partial charge is 0.434 e. The topological polar surface area (TPSA) is 48.9 Å². The number of hydrogen-bond donors (Lipinski definition) is 2. The first-order chi connectivity index (χ1) is 14.1. The molecule has 156 valence electrons. The molecule has 7 heteroatoms. The Bertz CT molecular complexity index is 790. The maximum absolute atomic E-state index is 12.5. The minimum Gasteiger partial charge on any atom is -0.434 e. The van der Waals surface area contributed by atoms with Crippen LogP contribution in [0.5, 0.6) is 5.75 Å². The highest BCUT2D eigenvalue weighted by molar-refractivity contribution is 5.79. The average Bonchev–Trinajstić information content (AvgIpc) is 3.23. The molecule has 0 atom stereocenters. The van der Waals surface area contributed by atoms with Crippen LogP contribution in [0.15, 0.2) is 53.5 Å². The van der Waals surface area contributed by atoms with Gasteiger partial charge in [-0.15, -0.1) is 0 Å². The highest BCUT2D eigenvalue weighted by Gasteiger charge is 2.12. The molecule has 5 nitrogen and oxygen atoms in total. The van der Waals surface area contributed by atoms with E-state index in [9.17, 15) is 8.78 Å². The summed E-state index contributed by atoms with van der Waals surface area (Å²) in [5, 5.41) is 6.38. The predicted octanol–water partition coefficient (Wildman–Crippen LogP) is 3.75. The Morgan fingerprint density at radius 1 is 1.00 bits per heavy atom. The van der Waals surface area contributed by atoms with Crippen molar-refractivity contribution in [1.29, 1.82) is 0 Å². The molecule has 2 aromatic rings. The first kappa shape index (κ1) is 21.0. The summed E-state index contributed by atoms with van der Waals surface area (Å²) in [6.07, 6.45) is 2.60. The zero-order chi connectivity index (χ0) is 20.5. The molecule has 0 spiro atoms. The number of nitrogens with one attached hydrogen (secondary N) is 2. The van der Waals surface area contributed by atoms with Crippen molar-refractivity contribution >= 4 is 5.96 Å². The third-order valence-electron chi connectivity index (χ3n) is 4.95. The van der Waals surface area contributed by atoms with E-state index in [2.05, 4.69) is 49.5 Å². The van der Waals surface area contributed by atoms with Gasteiger partial charge in [-0.05, 0) is 43.1 Å². The molecule has 0 aliphatic carbocycles. The minimum absolute atomic E-state index is 0.166. The van der Waals surface area contributed by atoms with Crippen molar-refractivity contribution in [3.8, 4) is 5.75 Å². The predicted molar refractivity (Wildman–Crippen MR) is 111 cm³/mol. The summed E-state index contributed by atoms with van der Waals surface area (Å²) in [5.74, 6) is 0.761. The van der Waals surface area contributed by atoms with Gasteiger partial charge in [0.15, 0.2) is 5.96 Å². The summed E-state index contributed by atoms with van der Waals surface area (Å²) in [7, 11) is 1.68. The van der Waals surface area contributed by atoms with Crippen molar-refractivity contribution in [2.45, 2.75) is 39.1 Å². The van der Waals surface area contributed by atoms with Crippen LogP contribution in [-0.2, 0) is 19.6 Å². The van der Waals surface area contributed by atoms with Gasteiger partial charge < -0.3 is 15.4 Å². The van der Waals surface area contributed by atoms with E-state index in [1.165, 1.54) is 37.6 Å². The number of likely N-dealkylation sites (tertiary alicyclic amines) is 1. The van der Waals surface area contributed by atoms with Gasteiger partial charge in [0, 0.05) is 32.2 Å². The zero-order valence-electron chi connectivity index (χ0n) is 16.7. The first-order valence-corrected chi connectivity index (χ1v) is 9.91. The summed E-state index contributed by atoms with van der Waals surface area (Å²) in [4.78, 5) is 6.67. The van der Waals surface area contributed by atoms with Crippen molar-refractivity contribution in [2.75, 3.05) is 20.1 Å². The molecule has 2 N–H and O–H groups in total. The lowest BCUT2D eigenvalue weighted by atomic mass is 10.1. The Balaban J connectivity index is 1.48. The zero-order valence-corrected chi connectivity index (χ0v) is 16.7. The summed E-state index contributed by atoms with van der Waals surface area (Å²) in [5.41, 5.74) is 3.12. The van der Waals surface area contributed by atoms with Crippen molar-refractivity contribution < 1.29 is 13.5 Å². The van der Waals surface area contributed by atoms with Crippen LogP contribution in [0.1, 0.15) is 29.5 Å². The molecule has 1 saturated heterocycles. The second-order valence-corrected chi connectivity index (χ2v) is 7.07. The van der Waals surface area contributed by atoms with E-state index in [1.807, 2.05) is 0 Å². The summed E-state index contributed by atoms with van der Waals surface area (Å²) in [6, 6.07) is 15.3. The fourth-order valence-corrected chi connectivity index (χ4v) is 3.41. The van der Waals surface area contributed by atoms with Crippen LogP contribution in [0.2, 0.25) is 0 Å². The van der Waals surface area contributed by atoms with Crippen molar-refractivity contribution in [3.05, 3.63) is 65.2 Å².